The fraction of sp³-hybridized carbons (Fsp3) is 0.500. The van der Waals surface area contributed by atoms with Gasteiger partial charge in [-0.15, -0.1) is 0 Å². The Morgan fingerprint density at radius 1 is 1.13 bits per heavy atom. The van der Waals surface area contributed by atoms with Crippen molar-refractivity contribution in [3.05, 3.63) is 24.3 Å². The molecular weight excluding hydrogens is 188 g/mol. The molecule has 0 bridgehead atoms. The fourth-order valence-electron chi connectivity index (χ4n) is 2.07. The van der Waals surface area contributed by atoms with Crippen LogP contribution >= 0.6 is 0 Å². The molecule has 0 radical (unpaired) electrons. The van der Waals surface area contributed by atoms with E-state index in [2.05, 4.69) is 5.32 Å². The lowest BCUT2D eigenvalue weighted by molar-refractivity contribution is 0.126. The molecule has 0 aliphatic heterocycles. The number of rotatable bonds is 2. The standard InChI is InChI=1S/C12H18N2O/c13-11-3-1-2-4-12(11)14-9-5-7-10(15)8-6-9/h1-4,9-10,14-15H,5-8,13H2. The Balaban J connectivity index is 1.95. The number of nitrogens with two attached hydrogens (primary N) is 1. The van der Waals surface area contributed by atoms with Gasteiger partial charge >= 0.3 is 0 Å². The zero-order valence-electron chi connectivity index (χ0n) is 8.82. The molecular formula is C12H18N2O. The quantitative estimate of drug-likeness (QED) is 0.648. The van der Waals surface area contributed by atoms with Crippen LogP contribution in [0.15, 0.2) is 24.3 Å². The normalized spacial score (nSPS) is 26.2. The van der Waals surface area contributed by atoms with Gasteiger partial charge in [0.15, 0.2) is 0 Å². The van der Waals surface area contributed by atoms with E-state index in [1.54, 1.807) is 0 Å². The van der Waals surface area contributed by atoms with E-state index in [9.17, 15) is 5.11 Å². The van der Waals surface area contributed by atoms with E-state index in [1.807, 2.05) is 24.3 Å². The molecule has 0 spiro atoms. The Morgan fingerprint density at radius 2 is 1.80 bits per heavy atom. The molecule has 15 heavy (non-hydrogen) atoms. The second-order valence-electron chi connectivity index (χ2n) is 4.24. The van der Waals surface area contributed by atoms with Crippen LogP contribution in [0.25, 0.3) is 0 Å². The molecule has 1 aromatic carbocycles. The van der Waals surface area contributed by atoms with E-state index in [-0.39, 0.29) is 6.10 Å². The van der Waals surface area contributed by atoms with Gasteiger partial charge in [0, 0.05) is 6.04 Å². The first-order chi connectivity index (χ1) is 7.25. The van der Waals surface area contributed by atoms with E-state index in [1.165, 1.54) is 0 Å². The van der Waals surface area contributed by atoms with E-state index >= 15 is 0 Å². The van der Waals surface area contributed by atoms with Crippen LogP contribution in [0.5, 0.6) is 0 Å². The Bertz CT molecular complexity index is 319. The number of nitrogens with one attached hydrogen (secondary N) is 1. The molecule has 3 nitrogen and oxygen atoms in total. The molecule has 0 aromatic heterocycles. The van der Waals surface area contributed by atoms with Crippen molar-refractivity contribution in [3.63, 3.8) is 0 Å². The molecule has 1 aromatic rings. The van der Waals surface area contributed by atoms with Crippen LogP contribution in [-0.2, 0) is 0 Å². The van der Waals surface area contributed by atoms with Crippen molar-refractivity contribution in [3.8, 4) is 0 Å². The average Bonchev–Trinajstić information content (AvgIpc) is 2.25. The number of aliphatic hydroxyl groups excluding tert-OH is 1. The largest absolute Gasteiger partial charge is 0.397 e. The Hall–Kier alpha value is -1.22. The molecule has 3 heteroatoms. The summed E-state index contributed by atoms with van der Waals surface area (Å²) in [6.45, 7) is 0. The molecule has 1 aliphatic carbocycles. The third-order valence-corrected chi connectivity index (χ3v) is 3.02. The molecule has 4 N–H and O–H groups in total. The van der Waals surface area contributed by atoms with E-state index in [0.717, 1.165) is 37.1 Å². The molecule has 1 aliphatic rings. The highest BCUT2D eigenvalue weighted by Crippen LogP contribution is 2.24. The number of anilines is 2. The van der Waals surface area contributed by atoms with Gasteiger partial charge in [-0.3, -0.25) is 0 Å². The van der Waals surface area contributed by atoms with E-state index < -0.39 is 0 Å². The first-order valence-electron chi connectivity index (χ1n) is 5.55. The van der Waals surface area contributed by atoms with Gasteiger partial charge in [-0.25, -0.2) is 0 Å². The summed E-state index contributed by atoms with van der Waals surface area (Å²) in [5.74, 6) is 0. The van der Waals surface area contributed by atoms with Gasteiger partial charge in [0.05, 0.1) is 17.5 Å². The summed E-state index contributed by atoms with van der Waals surface area (Å²) in [4.78, 5) is 0. The topological polar surface area (TPSA) is 58.3 Å². The Labute approximate surface area is 90.3 Å². The van der Waals surface area contributed by atoms with Crippen molar-refractivity contribution in [2.24, 2.45) is 0 Å². The fourth-order valence-corrected chi connectivity index (χ4v) is 2.07. The lowest BCUT2D eigenvalue weighted by Gasteiger charge is -2.27. The van der Waals surface area contributed by atoms with Gasteiger partial charge in [-0.1, -0.05) is 12.1 Å². The van der Waals surface area contributed by atoms with Gasteiger partial charge < -0.3 is 16.2 Å². The highest BCUT2D eigenvalue weighted by atomic mass is 16.3. The third kappa shape index (κ3) is 2.63. The monoisotopic (exact) mass is 206 g/mol. The maximum atomic E-state index is 9.40. The molecule has 0 atom stereocenters. The van der Waals surface area contributed by atoms with Gasteiger partial charge in [0.1, 0.15) is 0 Å². The summed E-state index contributed by atoms with van der Waals surface area (Å²) in [7, 11) is 0. The van der Waals surface area contributed by atoms with E-state index in [0.29, 0.717) is 6.04 Å². The maximum Gasteiger partial charge on any atom is 0.0576 e. The Morgan fingerprint density at radius 3 is 2.47 bits per heavy atom. The molecule has 82 valence electrons. The molecule has 1 saturated carbocycles. The van der Waals surface area contributed by atoms with Crippen LogP contribution in [-0.4, -0.2) is 17.3 Å². The minimum Gasteiger partial charge on any atom is -0.397 e. The first kappa shape index (κ1) is 10.3. The van der Waals surface area contributed by atoms with Crippen molar-refractivity contribution in [2.75, 3.05) is 11.1 Å². The summed E-state index contributed by atoms with van der Waals surface area (Å²) < 4.78 is 0. The second kappa shape index (κ2) is 4.53. The summed E-state index contributed by atoms with van der Waals surface area (Å²) in [6.07, 6.45) is 3.73. The summed E-state index contributed by atoms with van der Waals surface area (Å²) in [5.41, 5.74) is 7.66. The minimum absolute atomic E-state index is 0.101. The van der Waals surface area contributed by atoms with Crippen molar-refractivity contribution in [2.45, 2.75) is 37.8 Å². The van der Waals surface area contributed by atoms with E-state index in [4.69, 9.17) is 5.73 Å². The third-order valence-electron chi connectivity index (χ3n) is 3.02. The predicted molar refractivity (Wildman–Crippen MR) is 62.7 cm³/mol. The molecule has 1 fully saturated rings. The average molecular weight is 206 g/mol. The Kier molecular flexibility index (Phi) is 3.11. The van der Waals surface area contributed by atoms with Crippen LogP contribution in [0.3, 0.4) is 0 Å². The van der Waals surface area contributed by atoms with Crippen molar-refractivity contribution >= 4 is 11.4 Å². The van der Waals surface area contributed by atoms with Gasteiger partial charge in [0.2, 0.25) is 0 Å². The minimum atomic E-state index is -0.101. The number of benzene rings is 1. The van der Waals surface area contributed by atoms with Crippen LogP contribution in [0.4, 0.5) is 11.4 Å². The number of hydrogen-bond donors (Lipinski definition) is 3. The van der Waals surface area contributed by atoms with Crippen molar-refractivity contribution < 1.29 is 5.11 Å². The molecule has 0 saturated heterocycles. The zero-order valence-corrected chi connectivity index (χ0v) is 8.82. The lowest BCUT2D eigenvalue weighted by atomic mass is 9.93. The van der Waals surface area contributed by atoms with Crippen LogP contribution in [0.2, 0.25) is 0 Å². The SMILES string of the molecule is Nc1ccccc1NC1CCC(O)CC1. The lowest BCUT2D eigenvalue weighted by Crippen LogP contribution is -2.28. The number of aliphatic hydroxyl groups is 1. The predicted octanol–water partition coefficient (Wildman–Crippen LogP) is 1.98. The first-order valence-corrected chi connectivity index (χ1v) is 5.55. The number of hydrogen-bond acceptors (Lipinski definition) is 3. The molecule has 0 heterocycles. The summed E-state index contributed by atoms with van der Waals surface area (Å²) in [5, 5.41) is 12.8. The molecule has 0 unspecified atom stereocenters. The molecule has 0 amide bonds. The van der Waals surface area contributed by atoms with Crippen molar-refractivity contribution in [1.29, 1.82) is 0 Å². The van der Waals surface area contributed by atoms with Crippen molar-refractivity contribution in [1.82, 2.24) is 0 Å². The zero-order chi connectivity index (χ0) is 10.7. The number of para-hydroxylation sites is 2. The number of nitrogen functional groups attached to an aromatic ring is 1. The second-order valence-corrected chi connectivity index (χ2v) is 4.24. The van der Waals surface area contributed by atoms with Crippen LogP contribution in [0.1, 0.15) is 25.7 Å². The molecule has 2 rings (SSSR count). The van der Waals surface area contributed by atoms with Gasteiger partial charge in [0.25, 0.3) is 0 Å². The van der Waals surface area contributed by atoms with Crippen LogP contribution in [0, 0.1) is 0 Å². The summed E-state index contributed by atoms with van der Waals surface area (Å²) in [6, 6.07) is 8.28. The van der Waals surface area contributed by atoms with Gasteiger partial charge in [-0.2, -0.15) is 0 Å². The highest BCUT2D eigenvalue weighted by Gasteiger charge is 2.19. The summed E-state index contributed by atoms with van der Waals surface area (Å²) >= 11 is 0. The smallest absolute Gasteiger partial charge is 0.0576 e. The maximum absolute atomic E-state index is 9.40. The van der Waals surface area contributed by atoms with Crippen LogP contribution < -0.4 is 11.1 Å². The van der Waals surface area contributed by atoms with Gasteiger partial charge in [-0.05, 0) is 37.8 Å². The highest BCUT2D eigenvalue weighted by molar-refractivity contribution is 5.65.